The van der Waals surface area contributed by atoms with Crippen molar-refractivity contribution in [2.24, 2.45) is 0 Å². The number of nitrogens with zero attached hydrogens (tertiary/aromatic N) is 3. The van der Waals surface area contributed by atoms with Crippen molar-refractivity contribution in [3.8, 4) is 5.75 Å². The lowest BCUT2D eigenvalue weighted by atomic mass is 9.91. The number of fused-ring (bicyclic) bond motifs is 2. The number of halogens is 1. The molecule has 0 saturated carbocycles. The fourth-order valence-corrected chi connectivity index (χ4v) is 6.63. The first-order chi connectivity index (χ1) is 17.2. The van der Waals surface area contributed by atoms with Crippen molar-refractivity contribution in [1.29, 1.82) is 0 Å². The normalized spacial score (nSPS) is 20.6. The highest BCUT2D eigenvalue weighted by atomic mass is 32.2. The summed E-state index contributed by atoms with van der Waals surface area (Å²) >= 11 is 0. The van der Waals surface area contributed by atoms with Crippen molar-refractivity contribution in [1.82, 2.24) is 14.9 Å². The van der Waals surface area contributed by atoms with Crippen LogP contribution in [-0.2, 0) is 38.2 Å². The minimum atomic E-state index is -3.61. The molecule has 13 heteroatoms. The molecule has 3 aliphatic rings. The van der Waals surface area contributed by atoms with Crippen LogP contribution < -0.4 is 15.2 Å². The number of carbonyl (C=O) groups excluding carboxylic acids is 1. The Labute approximate surface area is 206 Å². The zero-order valence-corrected chi connectivity index (χ0v) is 20.4. The Morgan fingerprint density at radius 2 is 1.97 bits per heavy atom. The second-order valence-corrected chi connectivity index (χ2v) is 11.1. The number of amides is 1. The third-order valence-electron chi connectivity index (χ3n) is 6.87. The number of rotatable bonds is 4. The molecule has 2 saturated heterocycles. The molecule has 2 fully saturated rings. The van der Waals surface area contributed by atoms with E-state index < -0.39 is 44.4 Å². The standard InChI is InChI=1S/C23H27FN4O7S/c24-16-4-3-15(17(13-16)28-7-1-2-12-36(28,32)33)14-25-20(30)18-19(29)21(31)27-8-11-35-23(22(27)26-18)5-9-34-10-6-23/h3-4,13,29H,1-2,5-12,14H2,(H,25,30). The Hall–Kier alpha value is -3.03. The minimum Gasteiger partial charge on any atom is -0.501 e. The van der Waals surface area contributed by atoms with Crippen LogP contribution in [0.25, 0.3) is 0 Å². The number of benzene rings is 1. The van der Waals surface area contributed by atoms with E-state index in [0.29, 0.717) is 44.5 Å². The van der Waals surface area contributed by atoms with Gasteiger partial charge in [-0.15, -0.1) is 0 Å². The number of aromatic nitrogens is 2. The van der Waals surface area contributed by atoms with Crippen molar-refractivity contribution in [2.75, 3.05) is 36.4 Å². The predicted octanol–water partition coefficient (Wildman–Crippen LogP) is 0.984. The van der Waals surface area contributed by atoms with E-state index in [4.69, 9.17) is 9.47 Å². The maximum Gasteiger partial charge on any atom is 0.296 e. The fraction of sp³-hybridized carbons (Fsp3) is 0.522. The summed E-state index contributed by atoms with van der Waals surface area (Å²) in [5, 5.41) is 13.1. The summed E-state index contributed by atoms with van der Waals surface area (Å²) in [5.41, 5.74) is -1.55. The van der Waals surface area contributed by atoms with E-state index in [1.807, 2.05) is 0 Å². The number of ether oxygens (including phenoxy) is 2. The van der Waals surface area contributed by atoms with Gasteiger partial charge in [-0.1, -0.05) is 6.07 Å². The molecule has 5 rings (SSSR count). The SMILES string of the molecule is O=C(NCc1ccc(F)cc1N1CCCCS1(=O)=O)c1nc2n(c(=O)c1O)CCOC21CCOCC1. The second kappa shape index (κ2) is 9.45. The number of nitrogens with one attached hydrogen (secondary N) is 1. The first-order valence-corrected chi connectivity index (χ1v) is 13.5. The Kier molecular flexibility index (Phi) is 6.47. The largest absolute Gasteiger partial charge is 0.501 e. The molecular weight excluding hydrogens is 495 g/mol. The van der Waals surface area contributed by atoms with Gasteiger partial charge in [0.25, 0.3) is 11.5 Å². The summed E-state index contributed by atoms with van der Waals surface area (Å²) in [4.78, 5) is 30.3. The third kappa shape index (κ3) is 4.35. The van der Waals surface area contributed by atoms with Crippen LogP contribution in [0.1, 0.15) is 47.6 Å². The van der Waals surface area contributed by atoms with E-state index in [0.717, 1.165) is 10.4 Å². The van der Waals surface area contributed by atoms with E-state index in [2.05, 4.69) is 10.3 Å². The zero-order chi connectivity index (χ0) is 25.5. The van der Waals surface area contributed by atoms with Crippen LogP contribution in [0.2, 0.25) is 0 Å². The van der Waals surface area contributed by atoms with Crippen molar-refractivity contribution < 1.29 is 32.2 Å². The average molecular weight is 523 g/mol. The van der Waals surface area contributed by atoms with Crippen LogP contribution >= 0.6 is 0 Å². The molecule has 1 spiro atoms. The topological polar surface area (TPSA) is 140 Å². The molecule has 194 valence electrons. The summed E-state index contributed by atoms with van der Waals surface area (Å²) in [6, 6.07) is 3.70. The molecule has 3 aliphatic heterocycles. The van der Waals surface area contributed by atoms with Crippen molar-refractivity contribution in [3.05, 3.63) is 51.5 Å². The summed E-state index contributed by atoms with van der Waals surface area (Å²) in [5.74, 6) is -1.98. The van der Waals surface area contributed by atoms with Gasteiger partial charge in [0.05, 0.1) is 24.6 Å². The first kappa shape index (κ1) is 24.7. The van der Waals surface area contributed by atoms with Gasteiger partial charge in [0.2, 0.25) is 15.8 Å². The molecule has 0 atom stereocenters. The van der Waals surface area contributed by atoms with Crippen LogP contribution in [0.4, 0.5) is 10.1 Å². The van der Waals surface area contributed by atoms with Gasteiger partial charge in [-0.2, -0.15) is 0 Å². The summed E-state index contributed by atoms with van der Waals surface area (Å²) in [7, 11) is -3.61. The van der Waals surface area contributed by atoms with Gasteiger partial charge in [0.15, 0.2) is 5.69 Å². The highest BCUT2D eigenvalue weighted by Gasteiger charge is 2.43. The highest BCUT2D eigenvalue weighted by molar-refractivity contribution is 7.92. The number of anilines is 1. The van der Waals surface area contributed by atoms with Crippen molar-refractivity contribution in [3.63, 3.8) is 0 Å². The Bertz CT molecular complexity index is 1350. The van der Waals surface area contributed by atoms with E-state index in [1.165, 1.54) is 16.7 Å². The van der Waals surface area contributed by atoms with Crippen molar-refractivity contribution in [2.45, 2.75) is 44.4 Å². The van der Waals surface area contributed by atoms with Gasteiger partial charge < -0.3 is 19.9 Å². The first-order valence-electron chi connectivity index (χ1n) is 11.8. The Morgan fingerprint density at radius 3 is 2.72 bits per heavy atom. The molecule has 2 N–H and O–H groups in total. The van der Waals surface area contributed by atoms with Crippen LogP contribution in [0, 0.1) is 5.82 Å². The predicted molar refractivity (Wildman–Crippen MR) is 126 cm³/mol. The average Bonchev–Trinajstić information content (AvgIpc) is 2.86. The summed E-state index contributed by atoms with van der Waals surface area (Å²) in [6.07, 6.45) is 2.06. The maximum absolute atomic E-state index is 14.0. The van der Waals surface area contributed by atoms with E-state index in [-0.39, 0.29) is 43.5 Å². The number of carbonyl (C=O) groups is 1. The maximum atomic E-state index is 14.0. The van der Waals surface area contributed by atoms with Crippen LogP contribution in [0.3, 0.4) is 0 Å². The molecule has 0 unspecified atom stereocenters. The van der Waals surface area contributed by atoms with Crippen LogP contribution in [-0.4, -0.2) is 61.1 Å². The molecule has 0 aliphatic carbocycles. The van der Waals surface area contributed by atoms with Crippen LogP contribution in [0.5, 0.6) is 5.75 Å². The minimum absolute atomic E-state index is 0.0406. The zero-order valence-electron chi connectivity index (χ0n) is 19.5. The smallest absolute Gasteiger partial charge is 0.296 e. The highest BCUT2D eigenvalue weighted by Crippen LogP contribution is 2.37. The second-order valence-electron chi connectivity index (χ2n) is 9.10. The van der Waals surface area contributed by atoms with Gasteiger partial charge in [-0.25, -0.2) is 17.8 Å². The van der Waals surface area contributed by atoms with E-state index in [1.54, 1.807) is 0 Å². The number of sulfonamides is 1. The summed E-state index contributed by atoms with van der Waals surface area (Å²) in [6.45, 7) is 1.32. The third-order valence-corrected chi connectivity index (χ3v) is 8.72. The molecular formula is C23H27FN4O7S. The van der Waals surface area contributed by atoms with Gasteiger partial charge in [0, 0.05) is 39.1 Å². The molecule has 4 heterocycles. The van der Waals surface area contributed by atoms with Gasteiger partial charge >= 0.3 is 0 Å². The van der Waals surface area contributed by atoms with Crippen molar-refractivity contribution >= 4 is 21.6 Å². The lowest BCUT2D eigenvalue weighted by Gasteiger charge is -2.40. The molecule has 1 aromatic carbocycles. The van der Waals surface area contributed by atoms with Gasteiger partial charge in [-0.3, -0.25) is 18.5 Å². The molecule has 0 radical (unpaired) electrons. The molecule has 1 amide bonds. The molecule has 36 heavy (non-hydrogen) atoms. The molecule has 0 bridgehead atoms. The Balaban J connectivity index is 1.44. The number of aromatic hydroxyl groups is 1. The van der Waals surface area contributed by atoms with E-state index >= 15 is 0 Å². The monoisotopic (exact) mass is 522 g/mol. The number of hydrogen-bond donors (Lipinski definition) is 2. The lowest BCUT2D eigenvalue weighted by Crippen LogP contribution is -2.48. The number of hydrogen-bond acceptors (Lipinski definition) is 8. The molecule has 11 nitrogen and oxygen atoms in total. The van der Waals surface area contributed by atoms with E-state index in [9.17, 15) is 27.5 Å². The summed E-state index contributed by atoms with van der Waals surface area (Å²) < 4.78 is 53.1. The molecule has 1 aromatic heterocycles. The van der Waals surface area contributed by atoms with Gasteiger partial charge in [-0.05, 0) is 30.5 Å². The van der Waals surface area contributed by atoms with Gasteiger partial charge in [0.1, 0.15) is 17.2 Å². The molecule has 2 aromatic rings. The fourth-order valence-electron chi connectivity index (χ4n) is 4.96. The lowest BCUT2D eigenvalue weighted by molar-refractivity contribution is -0.139. The quantitative estimate of drug-likeness (QED) is 0.606. The Morgan fingerprint density at radius 1 is 1.19 bits per heavy atom. The van der Waals surface area contributed by atoms with Crippen LogP contribution in [0.15, 0.2) is 23.0 Å².